The molecule has 1 aromatic rings. The normalized spacial score (nSPS) is 21.1. The highest BCUT2D eigenvalue weighted by molar-refractivity contribution is 5.22. The van der Waals surface area contributed by atoms with Gasteiger partial charge in [-0.3, -0.25) is 0 Å². The quantitative estimate of drug-likeness (QED) is 0.652. The molecule has 0 N–H and O–H groups in total. The number of rotatable bonds is 1. The first-order valence-electron chi connectivity index (χ1n) is 4.97. The Labute approximate surface area is 89.8 Å². The van der Waals surface area contributed by atoms with Crippen molar-refractivity contribution in [3.8, 4) is 0 Å². The van der Waals surface area contributed by atoms with Crippen molar-refractivity contribution in [3.63, 3.8) is 0 Å². The summed E-state index contributed by atoms with van der Waals surface area (Å²) in [6.07, 6.45) is -0.248. The fourth-order valence-corrected chi connectivity index (χ4v) is 1.46. The van der Waals surface area contributed by atoms with Gasteiger partial charge in [0.25, 0.3) is 0 Å². The molecule has 15 heavy (non-hydrogen) atoms. The lowest BCUT2D eigenvalue weighted by Crippen LogP contribution is -2.19. The van der Waals surface area contributed by atoms with Gasteiger partial charge in [-0.2, -0.15) is 0 Å². The van der Waals surface area contributed by atoms with Crippen molar-refractivity contribution in [1.29, 1.82) is 0 Å². The van der Waals surface area contributed by atoms with Gasteiger partial charge in [0.05, 0.1) is 13.2 Å². The minimum atomic E-state index is -0.248. The Morgan fingerprint density at radius 1 is 1.20 bits per heavy atom. The largest absolute Gasteiger partial charge is 0.343 e. The summed E-state index contributed by atoms with van der Waals surface area (Å²) in [6, 6.07) is 8.17. The van der Waals surface area contributed by atoms with Gasteiger partial charge in [0.2, 0.25) is 0 Å². The summed E-state index contributed by atoms with van der Waals surface area (Å²) < 4.78 is 11.1. The van der Waals surface area contributed by atoms with Crippen molar-refractivity contribution < 1.29 is 9.47 Å². The Morgan fingerprint density at radius 2 is 1.80 bits per heavy atom. The highest BCUT2D eigenvalue weighted by atomic mass is 16.7. The van der Waals surface area contributed by atoms with Crippen LogP contribution < -0.4 is 0 Å². The smallest absolute Gasteiger partial charge is 0.184 e. The minimum Gasteiger partial charge on any atom is -0.343 e. The van der Waals surface area contributed by atoms with Crippen LogP contribution in [0.4, 0.5) is 0 Å². The lowest BCUT2D eigenvalue weighted by atomic mass is 10.1. The number of benzene rings is 1. The molecule has 0 saturated carbocycles. The van der Waals surface area contributed by atoms with Gasteiger partial charge < -0.3 is 9.47 Å². The minimum absolute atomic E-state index is 0.248. The van der Waals surface area contributed by atoms with E-state index in [0.29, 0.717) is 13.2 Å². The van der Waals surface area contributed by atoms with Crippen molar-refractivity contribution in [2.45, 2.75) is 13.2 Å². The van der Waals surface area contributed by atoms with Gasteiger partial charge in [-0.05, 0) is 6.92 Å². The zero-order valence-corrected chi connectivity index (χ0v) is 8.82. The number of hydrogen-bond acceptors (Lipinski definition) is 2. The molecule has 0 bridgehead atoms. The maximum Gasteiger partial charge on any atom is 0.184 e. The molecule has 0 aliphatic carbocycles. The Hall–Kier alpha value is -1.34. The Bertz CT molecular complexity index is 376. The van der Waals surface area contributed by atoms with E-state index in [0.717, 1.165) is 11.1 Å². The molecule has 1 aromatic carbocycles. The van der Waals surface area contributed by atoms with E-state index in [2.05, 4.69) is 31.4 Å². The van der Waals surface area contributed by atoms with Crippen molar-refractivity contribution >= 4 is 0 Å². The van der Waals surface area contributed by atoms with E-state index in [1.54, 1.807) is 0 Å². The molecule has 0 aromatic heterocycles. The van der Waals surface area contributed by atoms with Gasteiger partial charge in [-0.1, -0.05) is 36.4 Å². The Balaban J connectivity index is 2.07. The van der Waals surface area contributed by atoms with Crippen LogP contribution >= 0.6 is 0 Å². The fraction of sp³-hybridized carbons (Fsp3) is 0.308. The lowest BCUT2D eigenvalue weighted by molar-refractivity contribution is -0.160. The Morgan fingerprint density at radius 3 is 2.33 bits per heavy atom. The molecule has 1 saturated heterocycles. The number of ether oxygens (including phenoxy) is 2. The lowest BCUT2D eigenvalue weighted by Gasteiger charge is -2.24. The first-order chi connectivity index (χ1) is 7.29. The Kier molecular flexibility index (Phi) is 3.02. The number of aryl methyl sites for hydroxylation is 1. The molecule has 0 spiro atoms. The SMILES string of the molecule is C=C=C1COC(c2ccc(C)cc2)OC1. The molecule has 1 aliphatic heterocycles. The molecule has 1 heterocycles. The molecule has 0 amide bonds. The van der Waals surface area contributed by atoms with Gasteiger partial charge in [0.15, 0.2) is 6.29 Å². The fourth-order valence-electron chi connectivity index (χ4n) is 1.46. The summed E-state index contributed by atoms with van der Waals surface area (Å²) in [6.45, 7) is 6.75. The third kappa shape index (κ3) is 2.37. The highest BCUT2D eigenvalue weighted by Crippen LogP contribution is 2.24. The van der Waals surface area contributed by atoms with Crippen molar-refractivity contribution in [1.82, 2.24) is 0 Å². The first-order valence-corrected chi connectivity index (χ1v) is 4.97. The van der Waals surface area contributed by atoms with Crippen LogP contribution in [0.25, 0.3) is 0 Å². The second-order valence-electron chi connectivity index (χ2n) is 3.64. The predicted molar refractivity (Wildman–Crippen MR) is 58.5 cm³/mol. The summed E-state index contributed by atoms with van der Waals surface area (Å²) in [5, 5.41) is 0. The topological polar surface area (TPSA) is 18.5 Å². The van der Waals surface area contributed by atoms with Crippen molar-refractivity contribution in [2.24, 2.45) is 0 Å². The molecule has 1 fully saturated rings. The summed E-state index contributed by atoms with van der Waals surface area (Å²) in [7, 11) is 0. The van der Waals surface area contributed by atoms with E-state index in [4.69, 9.17) is 9.47 Å². The van der Waals surface area contributed by atoms with Crippen LogP contribution in [0, 0.1) is 6.92 Å². The molecule has 2 rings (SSSR count). The average Bonchev–Trinajstić information content (AvgIpc) is 2.30. The van der Waals surface area contributed by atoms with Crippen LogP contribution in [0.15, 0.2) is 42.1 Å². The van der Waals surface area contributed by atoms with Crippen LogP contribution in [0.5, 0.6) is 0 Å². The van der Waals surface area contributed by atoms with Crippen LogP contribution in [-0.4, -0.2) is 13.2 Å². The molecule has 2 heteroatoms. The monoisotopic (exact) mass is 202 g/mol. The summed E-state index contributed by atoms with van der Waals surface area (Å²) in [4.78, 5) is 0. The average molecular weight is 202 g/mol. The zero-order valence-electron chi connectivity index (χ0n) is 8.82. The van der Waals surface area contributed by atoms with Crippen LogP contribution in [0.1, 0.15) is 17.4 Å². The molecular formula is C13H14O2. The second-order valence-corrected chi connectivity index (χ2v) is 3.64. The van der Waals surface area contributed by atoms with Crippen molar-refractivity contribution in [3.05, 3.63) is 53.3 Å². The van der Waals surface area contributed by atoms with E-state index >= 15 is 0 Å². The van der Waals surface area contributed by atoms with Crippen LogP contribution in [-0.2, 0) is 9.47 Å². The predicted octanol–water partition coefficient (Wildman–Crippen LogP) is 2.75. The van der Waals surface area contributed by atoms with E-state index < -0.39 is 0 Å². The van der Waals surface area contributed by atoms with E-state index in [9.17, 15) is 0 Å². The number of hydrogen-bond donors (Lipinski definition) is 0. The maximum absolute atomic E-state index is 5.55. The van der Waals surface area contributed by atoms with Gasteiger partial charge >= 0.3 is 0 Å². The molecule has 78 valence electrons. The summed E-state index contributed by atoms with van der Waals surface area (Å²) in [5.74, 6) is 0. The molecule has 0 radical (unpaired) electrons. The van der Waals surface area contributed by atoms with Gasteiger partial charge in [-0.15, -0.1) is 5.73 Å². The van der Waals surface area contributed by atoms with Gasteiger partial charge in [-0.25, -0.2) is 0 Å². The molecular weight excluding hydrogens is 188 g/mol. The van der Waals surface area contributed by atoms with Crippen molar-refractivity contribution in [2.75, 3.05) is 13.2 Å². The van der Waals surface area contributed by atoms with Gasteiger partial charge in [0, 0.05) is 11.1 Å². The first kappa shape index (κ1) is 10.2. The van der Waals surface area contributed by atoms with E-state index in [-0.39, 0.29) is 6.29 Å². The second kappa shape index (κ2) is 4.45. The summed E-state index contributed by atoms with van der Waals surface area (Å²) in [5.41, 5.74) is 6.07. The van der Waals surface area contributed by atoms with Gasteiger partial charge in [0.1, 0.15) is 0 Å². The highest BCUT2D eigenvalue weighted by Gasteiger charge is 2.18. The molecule has 1 aliphatic rings. The van der Waals surface area contributed by atoms with E-state index in [1.165, 1.54) is 5.56 Å². The van der Waals surface area contributed by atoms with Crippen LogP contribution in [0.2, 0.25) is 0 Å². The third-order valence-electron chi connectivity index (χ3n) is 2.42. The standard InChI is InChI=1S/C13H14O2/c1-3-11-8-14-13(15-9-11)12-6-4-10(2)5-7-12/h4-7,13H,1,8-9H2,2H3. The summed E-state index contributed by atoms with van der Waals surface area (Å²) >= 11 is 0. The molecule has 2 nitrogen and oxygen atoms in total. The van der Waals surface area contributed by atoms with Crippen LogP contribution in [0.3, 0.4) is 0 Å². The molecule has 0 atom stereocenters. The maximum atomic E-state index is 5.55. The zero-order chi connectivity index (χ0) is 10.7. The van der Waals surface area contributed by atoms with E-state index in [1.807, 2.05) is 12.1 Å². The third-order valence-corrected chi connectivity index (χ3v) is 2.42. The molecule has 0 unspecified atom stereocenters.